The second kappa shape index (κ2) is 9.31. The number of anilines is 1. The predicted molar refractivity (Wildman–Crippen MR) is 79.9 cm³/mol. The van der Waals surface area contributed by atoms with Crippen molar-refractivity contribution in [3.63, 3.8) is 0 Å². The van der Waals surface area contributed by atoms with Gasteiger partial charge in [0.15, 0.2) is 0 Å². The zero-order valence-electron chi connectivity index (χ0n) is 12.0. The molecular weight excluding hydrogens is 257 g/mol. The van der Waals surface area contributed by atoms with Gasteiger partial charge in [-0.1, -0.05) is 45.1 Å². The summed E-state index contributed by atoms with van der Waals surface area (Å²) in [7, 11) is 0. The van der Waals surface area contributed by atoms with E-state index in [0.29, 0.717) is 6.54 Å². The number of para-hydroxylation sites is 1. The molecule has 1 amide bonds. The van der Waals surface area contributed by atoms with Crippen LogP contribution in [0.3, 0.4) is 0 Å². The molecule has 0 heterocycles. The second-order valence-corrected chi connectivity index (χ2v) is 4.83. The summed E-state index contributed by atoms with van der Waals surface area (Å²) in [5.74, 6) is 4.41. The van der Waals surface area contributed by atoms with E-state index in [-0.39, 0.29) is 17.2 Å². The molecule has 4 nitrogen and oxygen atoms in total. The Hall–Kier alpha value is -1.62. The molecule has 0 atom stereocenters. The Bertz CT molecular complexity index is 424. The van der Waals surface area contributed by atoms with Crippen molar-refractivity contribution in [3.05, 3.63) is 29.6 Å². The molecular formula is C15H24FN3O. The van der Waals surface area contributed by atoms with Crippen LogP contribution in [0.1, 0.15) is 55.8 Å². The zero-order chi connectivity index (χ0) is 14.8. The van der Waals surface area contributed by atoms with Crippen LogP contribution in [0.2, 0.25) is 0 Å². The van der Waals surface area contributed by atoms with Crippen molar-refractivity contribution in [2.24, 2.45) is 5.84 Å². The lowest BCUT2D eigenvalue weighted by Gasteiger charge is -2.10. The Morgan fingerprint density at radius 3 is 2.60 bits per heavy atom. The molecule has 112 valence electrons. The molecule has 0 radical (unpaired) electrons. The van der Waals surface area contributed by atoms with Gasteiger partial charge in [-0.3, -0.25) is 10.6 Å². The van der Waals surface area contributed by atoms with Gasteiger partial charge in [-0.25, -0.2) is 4.39 Å². The predicted octanol–water partition coefficient (Wildman–Crippen LogP) is 3.20. The maximum atomic E-state index is 13.4. The number of nitrogens with one attached hydrogen (secondary N) is 2. The summed E-state index contributed by atoms with van der Waals surface area (Å²) in [6.45, 7) is 2.79. The lowest BCUT2D eigenvalue weighted by Crippen LogP contribution is -2.26. The molecule has 0 aliphatic carbocycles. The first kappa shape index (κ1) is 16.4. The SMILES string of the molecule is CCCCCCCCNC(=O)c1cccc(F)c1NN. The van der Waals surface area contributed by atoms with Crippen molar-refractivity contribution in [2.75, 3.05) is 12.0 Å². The highest BCUT2D eigenvalue weighted by Crippen LogP contribution is 2.18. The van der Waals surface area contributed by atoms with Gasteiger partial charge in [-0.05, 0) is 18.6 Å². The normalized spacial score (nSPS) is 10.3. The minimum absolute atomic E-state index is 0.0351. The van der Waals surface area contributed by atoms with Gasteiger partial charge in [0.05, 0.1) is 11.3 Å². The van der Waals surface area contributed by atoms with Crippen LogP contribution in [0.25, 0.3) is 0 Å². The summed E-state index contributed by atoms with van der Waals surface area (Å²) in [6, 6.07) is 4.31. The number of hydrogen-bond donors (Lipinski definition) is 3. The third-order valence-corrected chi connectivity index (χ3v) is 3.22. The molecule has 0 aliphatic heterocycles. The highest BCUT2D eigenvalue weighted by molar-refractivity contribution is 5.99. The number of hydrazine groups is 1. The molecule has 0 bridgehead atoms. The van der Waals surface area contributed by atoms with Crippen LogP contribution in [0.4, 0.5) is 10.1 Å². The molecule has 1 rings (SSSR count). The van der Waals surface area contributed by atoms with E-state index in [4.69, 9.17) is 5.84 Å². The van der Waals surface area contributed by atoms with E-state index < -0.39 is 5.82 Å². The topological polar surface area (TPSA) is 67.2 Å². The van der Waals surface area contributed by atoms with E-state index in [0.717, 1.165) is 12.8 Å². The maximum absolute atomic E-state index is 13.4. The lowest BCUT2D eigenvalue weighted by molar-refractivity contribution is 0.0953. The van der Waals surface area contributed by atoms with Crippen molar-refractivity contribution >= 4 is 11.6 Å². The molecule has 4 N–H and O–H groups in total. The van der Waals surface area contributed by atoms with Crippen LogP contribution in [0.15, 0.2) is 18.2 Å². The van der Waals surface area contributed by atoms with Crippen molar-refractivity contribution in [3.8, 4) is 0 Å². The number of carbonyl (C=O) groups is 1. The molecule has 5 heteroatoms. The summed E-state index contributed by atoms with van der Waals surface area (Å²) in [5.41, 5.74) is 2.50. The van der Waals surface area contributed by atoms with E-state index >= 15 is 0 Å². The Labute approximate surface area is 119 Å². The molecule has 0 unspecified atom stereocenters. The standard InChI is InChI=1S/C15H24FN3O/c1-2-3-4-5-6-7-11-18-15(20)12-9-8-10-13(16)14(12)19-17/h8-10,19H,2-7,11,17H2,1H3,(H,18,20). The third-order valence-electron chi connectivity index (χ3n) is 3.22. The van der Waals surface area contributed by atoms with Crippen LogP contribution in [-0.4, -0.2) is 12.5 Å². The van der Waals surface area contributed by atoms with Gasteiger partial charge in [0.2, 0.25) is 0 Å². The Morgan fingerprint density at radius 1 is 1.20 bits per heavy atom. The monoisotopic (exact) mass is 281 g/mol. The van der Waals surface area contributed by atoms with Gasteiger partial charge < -0.3 is 10.7 Å². The Morgan fingerprint density at radius 2 is 1.90 bits per heavy atom. The first-order valence-electron chi connectivity index (χ1n) is 7.24. The maximum Gasteiger partial charge on any atom is 0.253 e. The van der Waals surface area contributed by atoms with Crippen molar-refractivity contribution in [2.45, 2.75) is 45.4 Å². The van der Waals surface area contributed by atoms with Crippen LogP contribution >= 0.6 is 0 Å². The fraction of sp³-hybridized carbons (Fsp3) is 0.533. The first-order chi connectivity index (χ1) is 9.70. The first-order valence-corrected chi connectivity index (χ1v) is 7.24. The van der Waals surface area contributed by atoms with Gasteiger partial charge in [0, 0.05) is 6.54 Å². The summed E-state index contributed by atoms with van der Waals surface area (Å²) in [5, 5.41) is 2.79. The van der Waals surface area contributed by atoms with E-state index in [1.54, 1.807) is 6.07 Å². The van der Waals surface area contributed by atoms with Crippen molar-refractivity contribution in [1.29, 1.82) is 0 Å². The number of unbranched alkanes of at least 4 members (excludes halogenated alkanes) is 5. The van der Waals surface area contributed by atoms with E-state index in [1.165, 1.54) is 37.8 Å². The Balaban J connectivity index is 2.35. The summed E-state index contributed by atoms with van der Waals surface area (Å²) < 4.78 is 13.4. The molecule has 0 spiro atoms. The fourth-order valence-electron chi connectivity index (χ4n) is 2.06. The lowest BCUT2D eigenvalue weighted by atomic mass is 10.1. The largest absolute Gasteiger partial charge is 0.352 e. The van der Waals surface area contributed by atoms with Gasteiger partial charge in [0.1, 0.15) is 5.82 Å². The third kappa shape index (κ3) is 5.17. The summed E-state index contributed by atoms with van der Waals surface area (Å²) in [6.07, 6.45) is 6.98. The molecule has 0 aliphatic rings. The molecule has 0 aromatic heterocycles. The highest BCUT2D eigenvalue weighted by Gasteiger charge is 2.13. The van der Waals surface area contributed by atoms with E-state index in [1.807, 2.05) is 0 Å². The number of hydrogen-bond acceptors (Lipinski definition) is 3. The second-order valence-electron chi connectivity index (χ2n) is 4.83. The molecule has 0 saturated carbocycles. The van der Waals surface area contributed by atoms with Gasteiger partial charge >= 0.3 is 0 Å². The molecule has 0 fully saturated rings. The highest BCUT2D eigenvalue weighted by atomic mass is 19.1. The van der Waals surface area contributed by atoms with Crippen LogP contribution in [-0.2, 0) is 0 Å². The number of nitrogens with two attached hydrogens (primary N) is 1. The van der Waals surface area contributed by atoms with Gasteiger partial charge in [0.25, 0.3) is 5.91 Å². The van der Waals surface area contributed by atoms with E-state index in [9.17, 15) is 9.18 Å². The number of halogens is 1. The minimum Gasteiger partial charge on any atom is -0.352 e. The zero-order valence-corrected chi connectivity index (χ0v) is 12.0. The van der Waals surface area contributed by atoms with Crippen LogP contribution in [0.5, 0.6) is 0 Å². The molecule has 0 saturated heterocycles. The number of benzene rings is 1. The fourth-order valence-corrected chi connectivity index (χ4v) is 2.06. The van der Waals surface area contributed by atoms with Crippen LogP contribution < -0.4 is 16.6 Å². The smallest absolute Gasteiger partial charge is 0.253 e. The molecule has 20 heavy (non-hydrogen) atoms. The number of carbonyl (C=O) groups excluding carboxylic acids is 1. The number of rotatable bonds is 9. The van der Waals surface area contributed by atoms with Crippen molar-refractivity contribution in [1.82, 2.24) is 5.32 Å². The number of nitrogen functional groups attached to an aromatic ring is 1. The van der Waals surface area contributed by atoms with Gasteiger partial charge in [-0.15, -0.1) is 0 Å². The van der Waals surface area contributed by atoms with E-state index in [2.05, 4.69) is 17.7 Å². The Kier molecular flexibility index (Phi) is 7.65. The minimum atomic E-state index is -0.528. The van der Waals surface area contributed by atoms with Crippen LogP contribution in [0, 0.1) is 5.82 Å². The van der Waals surface area contributed by atoms with Gasteiger partial charge in [-0.2, -0.15) is 0 Å². The molecule has 1 aromatic rings. The quantitative estimate of drug-likeness (QED) is 0.370. The average Bonchev–Trinajstić information content (AvgIpc) is 2.45. The summed E-state index contributed by atoms with van der Waals surface area (Å²) in [4.78, 5) is 11.9. The average molecular weight is 281 g/mol. The molecule has 1 aromatic carbocycles. The number of amides is 1. The summed E-state index contributed by atoms with van der Waals surface area (Å²) >= 11 is 0. The van der Waals surface area contributed by atoms with Crippen molar-refractivity contribution < 1.29 is 9.18 Å².